The molecule has 0 aromatic carbocycles. The fourth-order valence-corrected chi connectivity index (χ4v) is 2.78. The molecule has 0 N–H and O–H groups in total. The van der Waals surface area contributed by atoms with Gasteiger partial charge < -0.3 is 9.64 Å². The Bertz CT molecular complexity index is 406. The largest absolute Gasteiger partial charge is 0.444 e. The van der Waals surface area contributed by atoms with E-state index in [1.165, 1.54) is 0 Å². The molecule has 0 unspecified atom stereocenters. The molecule has 0 aromatic heterocycles. The molecule has 0 aliphatic carbocycles. The summed E-state index contributed by atoms with van der Waals surface area (Å²) in [5, 5.41) is -1.38. The van der Waals surface area contributed by atoms with Crippen LogP contribution in [0.5, 0.6) is 0 Å². The van der Waals surface area contributed by atoms with E-state index in [1.807, 2.05) is 0 Å². The summed E-state index contributed by atoms with van der Waals surface area (Å²) < 4.78 is 40.5. The van der Waals surface area contributed by atoms with Gasteiger partial charge in [0.1, 0.15) is 17.0 Å². The summed E-state index contributed by atoms with van der Waals surface area (Å²) >= 11 is 0. The topological polar surface area (TPSA) is 63.7 Å². The zero-order chi connectivity index (χ0) is 13.4. The van der Waals surface area contributed by atoms with Crippen molar-refractivity contribution in [3.63, 3.8) is 0 Å². The molecule has 1 aliphatic rings. The Morgan fingerprint density at radius 2 is 1.94 bits per heavy atom. The molecule has 0 aromatic rings. The minimum Gasteiger partial charge on any atom is -0.444 e. The molecular formula is C9H15ClFNO4S. The zero-order valence-corrected chi connectivity index (χ0v) is 11.4. The van der Waals surface area contributed by atoms with Crippen molar-refractivity contribution in [2.45, 2.75) is 37.8 Å². The molecule has 0 radical (unpaired) electrons. The van der Waals surface area contributed by atoms with Gasteiger partial charge in [-0.15, -0.1) is 0 Å². The molecule has 1 amide bonds. The van der Waals surface area contributed by atoms with Crippen LogP contribution >= 0.6 is 10.7 Å². The van der Waals surface area contributed by atoms with Gasteiger partial charge in [0, 0.05) is 17.2 Å². The number of hydrogen-bond acceptors (Lipinski definition) is 4. The van der Waals surface area contributed by atoms with E-state index in [9.17, 15) is 17.6 Å². The molecule has 1 saturated heterocycles. The van der Waals surface area contributed by atoms with E-state index in [1.54, 1.807) is 20.8 Å². The molecule has 100 valence electrons. The van der Waals surface area contributed by atoms with E-state index >= 15 is 0 Å². The fourth-order valence-electron chi connectivity index (χ4n) is 1.48. The molecule has 1 aliphatic heterocycles. The first kappa shape index (κ1) is 14.5. The van der Waals surface area contributed by atoms with Gasteiger partial charge in [0.15, 0.2) is 0 Å². The van der Waals surface area contributed by atoms with E-state index in [2.05, 4.69) is 0 Å². The Hall–Kier alpha value is -0.560. The molecule has 5 nitrogen and oxygen atoms in total. The van der Waals surface area contributed by atoms with E-state index < -0.39 is 32.2 Å². The average Bonchev–Trinajstić information content (AvgIpc) is 2.42. The molecule has 2 atom stereocenters. The standard InChI is InChI=1S/C9H15ClFNO4S/c1-9(2,3)16-8(13)12-4-6(11)7(5-12)17(10,14)15/h6-7H,4-5H2,1-3H3/t6-,7+/m1/s1. The lowest BCUT2D eigenvalue weighted by Gasteiger charge is -2.24. The van der Waals surface area contributed by atoms with Gasteiger partial charge in [0.25, 0.3) is 0 Å². The monoisotopic (exact) mass is 287 g/mol. The summed E-state index contributed by atoms with van der Waals surface area (Å²) in [6, 6.07) is 0. The highest BCUT2D eigenvalue weighted by Crippen LogP contribution is 2.24. The minimum absolute atomic E-state index is 0.276. The number of hydrogen-bond donors (Lipinski definition) is 0. The number of ether oxygens (including phenoxy) is 1. The molecule has 17 heavy (non-hydrogen) atoms. The maximum absolute atomic E-state index is 13.4. The molecule has 1 fully saturated rings. The van der Waals surface area contributed by atoms with Crippen molar-refractivity contribution < 1.29 is 22.3 Å². The predicted molar refractivity (Wildman–Crippen MR) is 61.3 cm³/mol. The van der Waals surface area contributed by atoms with Crippen LogP contribution in [0.4, 0.5) is 9.18 Å². The maximum Gasteiger partial charge on any atom is 0.410 e. The molecule has 0 spiro atoms. The summed E-state index contributed by atoms with van der Waals surface area (Å²) in [5.74, 6) is 0. The lowest BCUT2D eigenvalue weighted by molar-refractivity contribution is 0.0284. The van der Waals surface area contributed by atoms with Gasteiger partial charge in [-0.1, -0.05) is 0 Å². The Kier molecular flexibility index (Phi) is 3.93. The number of halogens is 2. The summed E-state index contributed by atoms with van der Waals surface area (Å²) in [7, 11) is 1.08. The lowest BCUT2D eigenvalue weighted by atomic mass is 10.2. The Morgan fingerprint density at radius 3 is 2.29 bits per heavy atom. The van der Waals surface area contributed by atoms with Crippen molar-refractivity contribution in [1.29, 1.82) is 0 Å². The van der Waals surface area contributed by atoms with Crippen molar-refractivity contribution in [2.75, 3.05) is 13.1 Å². The van der Waals surface area contributed by atoms with Gasteiger partial charge >= 0.3 is 6.09 Å². The number of nitrogens with zero attached hydrogens (tertiary/aromatic N) is 1. The van der Waals surface area contributed by atoms with Gasteiger partial charge in [-0.05, 0) is 20.8 Å². The number of likely N-dealkylation sites (tertiary alicyclic amines) is 1. The maximum atomic E-state index is 13.4. The molecule has 0 saturated carbocycles. The Balaban J connectivity index is 2.70. The number of amides is 1. The summed E-state index contributed by atoms with van der Waals surface area (Å²) in [6.45, 7) is 4.42. The fraction of sp³-hybridized carbons (Fsp3) is 0.889. The molecule has 1 rings (SSSR count). The van der Waals surface area contributed by atoms with Crippen LogP contribution in [0.1, 0.15) is 20.8 Å². The van der Waals surface area contributed by atoms with Crippen LogP contribution < -0.4 is 0 Å². The third kappa shape index (κ3) is 3.99. The summed E-state index contributed by atoms with van der Waals surface area (Å²) in [6.07, 6.45) is -2.41. The number of alkyl halides is 1. The van der Waals surface area contributed by atoms with Crippen LogP contribution in [0.15, 0.2) is 0 Å². The zero-order valence-electron chi connectivity index (χ0n) is 9.81. The third-order valence-corrected chi connectivity index (χ3v) is 4.07. The first-order chi connectivity index (χ1) is 7.50. The molecular weight excluding hydrogens is 273 g/mol. The van der Waals surface area contributed by atoms with Gasteiger partial charge in [-0.2, -0.15) is 0 Å². The molecule has 1 heterocycles. The van der Waals surface area contributed by atoms with Crippen LogP contribution in [0.3, 0.4) is 0 Å². The third-order valence-electron chi connectivity index (χ3n) is 2.21. The molecule has 0 bridgehead atoms. The second kappa shape index (κ2) is 4.61. The first-order valence-electron chi connectivity index (χ1n) is 5.06. The Morgan fingerprint density at radius 1 is 1.41 bits per heavy atom. The van der Waals surface area contributed by atoms with Gasteiger partial charge in [-0.3, -0.25) is 0 Å². The van der Waals surface area contributed by atoms with E-state index in [4.69, 9.17) is 15.4 Å². The first-order valence-corrected chi connectivity index (χ1v) is 7.43. The highest BCUT2D eigenvalue weighted by atomic mass is 35.7. The van der Waals surface area contributed by atoms with Crippen LogP contribution in [0.2, 0.25) is 0 Å². The summed E-state index contributed by atoms with van der Waals surface area (Å²) in [5.41, 5.74) is -0.708. The van der Waals surface area contributed by atoms with Gasteiger partial charge in [0.05, 0.1) is 6.54 Å². The van der Waals surface area contributed by atoms with Crippen LogP contribution in [0.25, 0.3) is 0 Å². The number of carbonyl (C=O) groups is 1. The second-order valence-corrected chi connectivity index (χ2v) is 7.76. The van der Waals surface area contributed by atoms with Crippen LogP contribution in [0, 0.1) is 0 Å². The average molecular weight is 288 g/mol. The van der Waals surface area contributed by atoms with Crippen molar-refractivity contribution >= 4 is 25.8 Å². The second-order valence-electron chi connectivity index (χ2n) is 4.92. The summed E-state index contributed by atoms with van der Waals surface area (Å²) in [4.78, 5) is 12.6. The van der Waals surface area contributed by atoms with Crippen LogP contribution in [-0.4, -0.2) is 49.5 Å². The van der Waals surface area contributed by atoms with E-state index in [0.717, 1.165) is 4.90 Å². The predicted octanol–water partition coefficient (Wildman–Crippen LogP) is 1.51. The van der Waals surface area contributed by atoms with E-state index in [-0.39, 0.29) is 13.1 Å². The SMILES string of the molecule is CC(C)(C)OC(=O)N1C[C@@H](F)[C@@H](S(=O)(=O)Cl)C1. The van der Waals surface area contributed by atoms with Crippen molar-refractivity contribution in [3.05, 3.63) is 0 Å². The smallest absolute Gasteiger partial charge is 0.410 e. The van der Waals surface area contributed by atoms with E-state index in [0.29, 0.717) is 0 Å². The number of rotatable bonds is 1. The molecule has 8 heteroatoms. The normalized spacial score (nSPS) is 26.1. The Labute approximate surface area is 104 Å². The minimum atomic E-state index is -4.01. The highest BCUT2D eigenvalue weighted by molar-refractivity contribution is 8.14. The van der Waals surface area contributed by atoms with Crippen molar-refractivity contribution in [3.8, 4) is 0 Å². The highest BCUT2D eigenvalue weighted by Gasteiger charge is 2.43. The van der Waals surface area contributed by atoms with Crippen molar-refractivity contribution in [1.82, 2.24) is 4.90 Å². The quantitative estimate of drug-likeness (QED) is 0.686. The van der Waals surface area contributed by atoms with Crippen LogP contribution in [-0.2, 0) is 13.8 Å². The van der Waals surface area contributed by atoms with Crippen molar-refractivity contribution in [2.24, 2.45) is 0 Å². The van der Waals surface area contributed by atoms with Gasteiger partial charge in [0.2, 0.25) is 9.05 Å². The number of carbonyl (C=O) groups excluding carboxylic acids is 1. The lowest BCUT2D eigenvalue weighted by Crippen LogP contribution is -2.36. The van der Waals surface area contributed by atoms with Gasteiger partial charge in [-0.25, -0.2) is 17.6 Å².